The lowest BCUT2D eigenvalue weighted by atomic mass is 10.1. The number of hydrogen-bond donors (Lipinski definition) is 1. The van der Waals surface area contributed by atoms with E-state index in [1.807, 2.05) is 17.0 Å². The number of methoxy groups -OCH3 is 2. The Balaban J connectivity index is 1.63. The molecule has 1 amide bonds. The molecular weight excluding hydrogens is 330 g/mol. The van der Waals surface area contributed by atoms with Crippen LogP contribution in [0.4, 0.5) is 17.1 Å². The zero-order valence-electron chi connectivity index (χ0n) is 15.3. The molecule has 0 radical (unpaired) electrons. The standard InChI is InChI=1S/C20H23N3O3/c1-22-18-12-17-14(11-19(24)23(17)8-9-25-2)10-16(18)21-20(22)13-4-6-15(26-3)7-5-13/h4-7,10,12,20-21H,8-9,11H2,1-3H3. The second kappa shape index (κ2) is 6.53. The molecular formula is C20H23N3O3. The van der Waals surface area contributed by atoms with Crippen molar-refractivity contribution in [3.05, 3.63) is 47.5 Å². The summed E-state index contributed by atoms with van der Waals surface area (Å²) in [4.78, 5) is 16.3. The van der Waals surface area contributed by atoms with Crippen LogP contribution in [0.25, 0.3) is 0 Å². The highest BCUT2D eigenvalue weighted by molar-refractivity contribution is 6.03. The number of nitrogens with one attached hydrogen (secondary N) is 1. The predicted molar refractivity (Wildman–Crippen MR) is 102 cm³/mol. The summed E-state index contributed by atoms with van der Waals surface area (Å²) in [6.07, 6.45) is 0.506. The van der Waals surface area contributed by atoms with E-state index in [9.17, 15) is 4.79 Å². The molecule has 26 heavy (non-hydrogen) atoms. The molecule has 0 saturated heterocycles. The summed E-state index contributed by atoms with van der Waals surface area (Å²) in [5.41, 5.74) is 5.39. The Morgan fingerprint density at radius 2 is 1.92 bits per heavy atom. The van der Waals surface area contributed by atoms with Crippen LogP contribution < -0.4 is 19.9 Å². The highest BCUT2D eigenvalue weighted by Gasteiger charge is 2.33. The zero-order chi connectivity index (χ0) is 18.3. The maximum Gasteiger partial charge on any atom is 0.231 e. The normalized spacial score (nSPS) is 18.0. The molecule has 1 unspecified atom stereocenters. The lowest BCUT2D eigenvalue weighted by molar-refractivity contribution is -0.117. The van der Waals surface area contributed by atoms with Gasteiger partial charge < -0.3 is 24.6 Å². The number of benzene rings is 2. The van der Waals surface area contributed by atoms with E-state index >= 15 is 0 Å². The number of carbonyl (C=O) groups is 1. The van der Waals surface area contributed by atoms with Crippen LogP contribution in [0, 0.1) is 0 Å². The SMILES string of the molecule is COCCN1C(=O)Cc2cc3c(cc21)N(C)C(c1ccc(OC)cc1)N3. The van der Waals surface area contributed by atoms with E-state index < -0.39 is 0 Å². The van der Waals surface area contributed by atoms with Crippen LogP contribution in [0.15, 0.2) is 36.4 Å². The van der Waals surface area contributed by atoms with Gasteiger partial charge in [0.2, 0.25) is 5.91 Å². The molecule has 6 heteroatoms. The summed E-state index contributed by atoms with van der Waals surface area (Å²) in [6, 6.07) is 12.3. The van der Waals surface area contributed by atoms with E-state index in [0.717, 1.165) is 33.9 Å². The fourth-order valence-electron chi connectivity index (χ4n) is 3.72. The number of hydrogen-bond acceptors (Lipinski definition) is 5. The number of carbonyl (C=O) groups excluding carboxylic acids is 1. The molecule has 0 saturated carbocycles. The largest absolute Gasteiger partial charge is 0.497 e. The molecule has 1 N–H and O–H groups in total. The van der Waals surface area contributed by atoms with Crippen LogP contribution in [0.3, 0.4) is 0 Å². The van der Waals surface area contributed by atoms with Crippen molar-refractivity contribution in [3.63, 3.8) is 0 Å². The van der Waals surface area contributed by atoms with Crippen LogP contribution in [0.1, 0.15) is 17.3 Å². The first kappa shape index (κ1) is 16.7. The Morgan fingerprint density at radius 3 is 2.62 bits per heavy atom. The van der Waals surface area contributed by atoms with Gasteiger partial charge in [-0.2, -0.15) is 0 Å². The summed E-state index contributed by atoms with van der Waals surface area (Å²) in [7, 11) is 5.39. The second-order valence-corrected chi connectivity index (χ2v) is 6.64. The molecule has 2 heterocycles. The molecule has 2 aliphatic heterocycles. The molecule has 2 aromatic rings. The van der Waals surface area contributed by atoms with Crippen LogP contribution in [0.2, 0.25) is 0 Å². The number of ether oxygens (including phenoxy) is 2. The summed E-state index contributed by atoms with van der Waals surface area (Å²) in [6.45, 7) is 1.12. The number of rotatable bonds is 5. The van der Waals surface area contributed by atoms with Crippen molar-refractivity contribution < 1.29 is 14.3 Å². The average Bonchev–Trinajstić information content (AvgIpc) is 3.14. The molecule has 0 fully saturated rings. The van der Waals surface area contributed by atoms with E-state index in [1.54, 1.807) is 14.2 Å². The highest BCUT2D eigenvalue weighted by Crippen LogP contribution is 2.45. The first-order valence-electron chi connectivity index (χ1n) is 8.72. The van der Waals surface area contributed by atoms with Crippen LogP contribution in [0.5, 0.6) is 5.75 Å². The van der Waals surface area contributed by atoms with Crippen molar-refractivity contribution in [2.75, 3.05) is 49.5 Å². The van der Waals surface area contributed by atoms with Crippen molar-refractivity contribution in [2.45, 2.75) is 12.6 Å². The van der Waals surface area contributed by atoms with Gasteiger partial charge in [-0.1, -0.05) is 12.1 Å². The lowest BCUT2D eigenvalue weighted by Gasteiger charge is -2.23. The molecule has 1 atom stereocenters. The molecule has 0 aliphatic carbocycles. The van der Waals surface area contributed by atoms with Gasteiger partial charge in [0.1, 0.15) is 11.9 Å². The van der Waals surface area contributed by atoms with E-state index in [-0.39, 0.29) is 12.1 Å². The first-order valence-corrected chi connectivity index (χ1v) is 8.72. The quantitative estimate of drug-likeness (QED) is 0.896. The highest BCUT2D eigenvalue weighted by atomic mass is 16.5. The van der Waals surface area contributed by atoms with E-state index in [0.29, 0.717) is 19.6 Å². The van der Waals surface area contributed by atoms with Gasteiger partial charge in [-0.25, -0.2) is 0 Å². The van der Waals surface area contributed by atoms with Crippen LogP contribution in [-0.4, -0.2) is 40.3 Å². The van der Waals surface area contributed by atoms with Crippen molar-refractivity contribution in [2.24, 2.45) is 0 Å². The minimum absolute atomic E-state index is 0.0570. The van der Waals surface area contributed by atoms with Gasteiger partial charge in [-0.15, -0.1) is 0 Å². The number of nitrogens with zero attached hydrogens (tertiary/aromatic N) is 2. The Morgan fingerprint density at radius 1 is 1.15 bits per heavy atom. The minimum atomic E-state index is 0.0570. The van der Waals surface area contributed by atoms with E-state index in [2.05, 4.69) is 41.5 Å². The van der Waals surface area contributed by atoms with Gasteiger partial charge in [0.05, 0.1) is 31.5 Å². The summed E-state index contributed by atoms with van der Waals surface area (Å²) < 4.78 is 10.4. The van der Waals surface area contributed by atoms with Crippen molar-refractivity contribution in [3.8, 4) is 5.75 Å². The first-order chi connectivity index (χ1) is 12.6. The van der Waals surface area contributed by atoms with Crippen molar-refractivity contribution in [1.29, 1.82) is 0 Å². The molecule has 2 aliphatic rings. The third-order valence-corrected chi connectivity index (χ3v) is 5.14. The number of fused-ring (bicyclic) bond motifs is 2. The fourth-order valence-corrected chi connectivity index (χ4v) is 3.72. The van der Waals surface area contributed by atoms with Gasteiger partial charge in [0, 0.05) is 26.4 Å². The molecule has 2 aromatic carbocycles. The third-order valence-electron chi connectivity index (χ3n) is 5.14. The zero-order valence-corrected chi connectivity index (χ0v) is 15.3. The predicted octanol–water partition coefficient (Wildman–Crippen LogP) is 2.79. The van der Waals surface area contributed by atoms with Gasteiger partial charge in [-0.3, -0.25) is 4.79 Å². The van der Waals surface area contributed by atoms with E-state index in [1.165, 1.54) is 0 Å². The number of anilines is 3. The van der Waals surface area contributed by atoms with Gasteiger partial charge in [0.15, 0.2) is 0 Å². The van der Waals surface area contributed by atoms with Crippen LogP contribution >= 0.6 is 0 Å². The third kappa shape index (κ3) is 2.66. The summed E-state index contributed by atoms with van der Waals surface area (Å²) in [5.74, 6) is 0.980. The molecule has 0 bridgehead atoms. The van der Waals surface area contributed by atoms with Crippen molar-refractivity contribution in [1.82, 2.24) is 0 Å². The summed E-state index contributed by atoms with van der Waals surface area (Å²) >= 11 is 0. The van der Waals surface area contributed by atoms with E-state index in [4.69, 9.17) is 9.47 Å². The Hall–Kier alpha value is -2.73. The summed E-state index contributed by atoms with van der Waals surface area (Å²) in [5, 5.41) is 3.57. The van der Waals surface area contributed by atoms with Gasteiger partial charge >= 0.3 is 0 Å². The smallest absolute Gasteiger partial charge is 0.231 e. The molecule has 0 spiro atoms. The topological polar surface area (TPSA) is 54.0 Å². The molecule has 136 valence electrons. The minimum Gasteiger partial charge on any atom is -0.497 e. The fraction of sp³-hybridized carbons (Fsp3) is 0.350. The second-order valence-electron chi connectivity index (χ2n) is 6.64. The molecule has 0 aromatic heterocycles. The maximum absolute atomic E-state index is 12.3. The Labute approximate surface area is 153 Å². The monoisotopic (exact) mass is 353 g/mol. The molecule has 4 rings (SSSR count). The van der Waals surface area contributed by atoms with Crippen LogP contribution in [-0.2, 0) is 16.0 Å². The number of amides is 1. The Bertz CT molecular complexity index is 835. The molecule has 6 nitrogen and oxygen atoms in total. The van der Waals surface area contributed by atoms with Gasteiger partial charge in [-0.05, 0) is 35.4 Å². The van der Waals surface area contributed by atoms with Crippen molar-refractivity contribution >= 4 is 23.0 Å². The van der Waals surface area contributed by atoms with Gasteiger partial charge in [0.25, 0.3) is 0 Å². The average molecular weight is 353 g/mol. The lowest BCUT2D eigenvalue weighted by Crippen LogP contribution is -2.30. The Kier molecular flexibility index (Phi) is 4.20. The maximum atomic E-state index is 12.3.